The lowest BCUT2D eigenvalue weighted by Gasteiger charge is -2.17. The fourth-order valence-corrected chi connectivity index (χ4v) is 7.86. The molecular formula is C38H26N6O. The van der Waals surface area contributed by atoms with Gasteiger partial charge in [0.15, 0.2) is 5.76 Å². The molecule has 0 radical (unpaired) electrons. The molecule has 0 fully saturated rings. The Morgan fingerprint density at radius 3 is 1.78 bits per heavy atom. The number of nitrogens with zero attached hydrogens (tertiary/aromatic N) is 6. The molecule has 11 rings (SSSR count). The molecule has 0 amide bonds. The molecule has 0 spiro atoms. The van der Waals surface area contributed by atoms with E-state index in [1.807, 2.05) is 0 Å². The molecule has 0 N–H and O–H groups in total. The van der Waals surface area contributed by atoms with Crippen LogP contribution < -0.4 is 0 Å². The van der Waals surface area contributed by atoms with Crippen LogP contribution in [0.2, 0.25) is 0 Å². The minimum absolute atomic E-state index is 0.843. The summed E-state index contributed by atoms with van der Waals surface area (Å²) in [5.74, 6) is 3.90. The number of para-hydroxylation sites is 8. The molecule has 0 saturated carbocycles. The molecule has 0 saturated heterocycles. The number of hydrogen-bond donors (Lipinski definition) is 0. The maximum atomic E-state index is 6.82. The van der Waals surface area contributed by atoms with Crippen LogP contribution in [0.1, 0.15) is 35.5 Å². The zero-order valence-corrected chi connectivity index (χ0v) is 24.3. The Morgan fingerprint density at radius 2 is 1.11 bits per heavy atom. The van der Waals surface area contributed by atoms with Gasteiger partial charge in [0.2, 0.25) is 11.6 Å². The Kier molecular flexibility index (Phi) is 4.42. The van der Waals surface area contributed by atoms with E-state index >= 15 is 0 Å². The molecule has 5 heterocycles. The number of fused-ring (bicyclic) bond motifs is 13. The first-order valence-corrected chi connectivity index (χ1v) is 15.6. The van der Waals surface area contributed by atoms with Gasteiger partial charge in [0.05, 0.1) is 49.8 Å². The molecular weight excluding hydrogens is 556 g/mol. The molecule has 0 unspecified atom stereocenters. The molecule has 0 atom stereocenters. The third kappa shape index (κ3) is 2.99. The minimum Gasteiger partial charge on any atom is -0.459 e. The third-order valence-electron chi connectivity index (χ3n) is 9.75. The monoisotopic (exact) mass is 582 g/mol. The van der Waals surface area contributed by atoms with Gasteiger partial charge in [-0.05, 0) is 73.9 Å². The summed E-state index contributed by atoms with van der Waals surface area (Å²) in [6, 6.07) is 34.0. The summed E-state index contributed by atoms with van der Waals surface area (Å²) < 4.78 is 16.1. The predicted molar refractivity (Wildman–Crippen MR) is 179 cm³/mol. The fourth-order valence-electron chi connectivity index (χ4n) is 7.86. The van der Waals surface area contributed by atoms with Gasteiger partial charge in [-0.1, -0.05) is 54.6 Å². The van der Waals surface area contributed by atoms with Gasteiger partial charge < -0.3 is 4.42 Å². The van der Waals surface area contributed by atoms with Crippen LogP contribution in [-0.2, 0) is 12.8 Å². The van der Waals surface area contributed by atoms with E-state index in [1.54, 1.807) is 0 Å². The number of aryl methyl sites for hydroxylation is 1. The van der Waals surface area contributed by atoms with E-state index in [2.05, 4.69) is 127 Å². The van der Waals surface area contributed by atoms with Crippen LogP contribution in [-0.4, -0.2) is 27.9 Å². The van der Waals surface area contributed by atoms with Crippen molar-refractivity contribution in [1.82, 2.24) is 27.9 Å². The van der Waals surface area contributed by atoms with Crippen molar-refractivity contribution in [3.63, 3.8) is 0 Å². The van der Waals surface area contributed by atoms with E-state index in [4.69, 9.17) is 14.4 Å². The SMILES string of the molecule is C1=C(n2c3ccccc3n3c4ccccc4nc23)CCc2oc3c(c21)CCC=C3n1c2ccccc2n2c3ccccc3nc12. The van der Waals surface area contributed by atoms with Crippen LogP contribution in [0.4, 0.5) is 0 Å². The molecule has 4 aromatic carbocycles. The van der Waals surface area contributed by atoms with Crippen LogP contribution in [0.3, 0.4) is 0 Å². The van der Waals surface area contributed by atoms with Crippen molar-refractivity contribution in [2.24, 2.45) is 0 Å². The molecule has 0 aliphatic heterocycles. The van der Waals surface area contributed by atoms with Gasteiger partial charge in [-0.25, -0.2) is 9.97 Å². The van der Waals surface area contributed by atoms with Crippen molar-refractivity contribution in [1.29, 1.82) is 0 Å². The van der Waals surface area contributed by atoms with Gasteiger partial charge in [0.25, 0.3) is 0 Å². The smallest absolute Gasteiger partial charge is 0.220 e. The number of allylic oxidation sites excluding steroid dienone is 2. The number of furan rings is 1. The van der Waals surface area contributed by atoms with Crippen LogP contribution in [0.25, 0.3) is 73.2 Å². The molecule has 0 bridgehead atoms. The standard InChI is InChI=1S/C38H26N6O/c1-3-13-28-26(11-1)39-37-41(30-15-5-6-16-31(30)42(28)37)23-20-21-35-25(22-23)24-10-9-19-34(36(24)45-35)44-33-18-8-7-17-32(33)43-29-14-4-2-12-27(29)40-38(43)44/h1-8,11-19,22H,9-10,20-21H2. The highest BCUT2D eigenvalue weighted by Crippen LogP contribution is 2.42. The lowest BCUT2D eigenvalue weighted by molar-refractivity contribution is 0.490. The number of rotatable bonds is 2. The Hall–Kier alpha value is -5.82. The van der Waals surface area contributed by atoms with Crippen molar-refractivity contribution in [3.8, 4) is 0 Å². The number of imidazole rings is 4. The molecule has 2 aliphatic carbocycles. The lowest BCUT2D eigenvalue weighted by atomic mass is 9.93. The van der Waals surface area contributed by atoms with E-state index in [1.165, 1.54) is 27.9 Å². The molecule has 7 heteroatoms. The zero-order valence-electron chi connectivity index (χ0n) is 24.3. The predicted octanol–water partition coefficient (Wildman–Crippen LogP) is 8.57. The largest absolute Gasteiger partial charge is 0.459 e. The van der Waals surface area contributed by atoms with Gasteiger partial charge in [0.1, 0.15) is 5.76 Å². The zero-order chi connectivity index (χ0) is 29.2. The average molecular weight is 583 g/mol. The van der Waals surface area contributed by atoms with Crippen molar-refractivity contribution in [3.05, 3.63) is 126 Å². The van der Waals surface area contributed by atoms with Crippen LogP contribution in [0, 0.1) is 0 Å². The van der Waals surface area contributed by atoms with E-state index in [0.717, 1.165) is 87.6 Å². The van der Waals surface area contributed by atoms with E-state index in [9.17, 15) is 0 Å². The minimum atomic E-state index is 0.843. The second-order valence-corrected chi connectivity index (χ2v) is 12.1. The second kappa shape index (κ2) is 8.42. The summed E-state index contributed by atoms with van der Waals surface area (Å²) in [4.78, 5) is 10.2. The van der Waals surface area contributed by atoms with Crippen LogP contribution in [0.5, 0.6) is 0 Å². The molecule has 214 valence electrons. The Morgan fingerprint density at radius 1 is 0.556 bits per heavy atom. The second-order valence-electron chi connectivity index (χ2n) is 12.1. The van der Waals surface area contributed by atoms with Crippen molar-refractivity contribution >= 4 is 73.2 Å². The summed E-state index contributed by atoms with van der Waals surface area (Å²) in [7, 11) is 0. The molecule has 7 nitrogen and oxygen atoms in total. The van der Waals surface area contributed by atoms with Gasteiger partial charge in [-0.3, -0.25) is 17.9 Å². The first-order chi connectivity index (χ1) is 22.3. The van der Waals surface area contributed by atoms with Crippen molar-refractivity contribution < 1.29 is 4.42 Å². The number of hydrogen-bond acceptors (Lipinski definition) is 3. The quantitative estimate of drug-likeness (QED) is 0.205. The maximum absolute atomic E-state index is 6.82. The summed E-state index contributed by atoms with van der Waals surface area (Å²) in [6.07, 6.45) is 8.30. The fraction of sp³-hybridized carbons (Fsp3) is 0.105. The highest BCUT2D eigenvalue weighted by molar-refractivity contribution is 5.97. The maximum Gasteiger partial charge on any atom is 0.220 e. The molecule has 45 heavy (non-hydrogen) atoms. The third-order valence-corrected chi connectivity index (χ3v) is 9.75. The van der Waals surface area contributed by atoms with Gasteiger partial charge in [0, 0.05) is 23.2 Å². The summed E-state index contributed by atoms with van der Waals surface area (Å²) in [5, 5.41) is 0. The molecule has 2 aliphatic rings. The summed E-state index contributed by atoms with van der Waals surface area (Å²) in [6.45, 7) is 0. The highest BCUT2D eigenvalue weighted by Gasteiger charge is 2.30. The van der Waals surface area contributed by atoms with Crippen molar-refractivity contribution in [2.45, 2.75) is 25.7 Å². The Bertz CT molecular complexity index is 2770. The van der Waals surface area contributed by atoms with Gasteiger partial charge in [-0.15, -0.1) is 0 Å². The highest BCUT2D eigenvalue weighted by atomic mass is 16.3. The molecule has 9 aromatic rings. The first-order valence-electron chi connectivity index (χ1n) is 15.6. The van der Waals surface area contributed by atoms with E-state index in [0.29, 0.717) is 0 Å². The van der Waals surface area contributed by atoms with E-state index < -0.39 is 0 Å². The first kappa shape index (κ1) is 23.6. The molecule has 5 aromatic heterocycles. The number of aromatic nitrogens is 6. The number of benzene rings is 4. The van der Waals surface area contributed by atoms with Crippen LogP contribution >= 0.6 is 0 Å². The Balaban J connectivity index is 1.13. The normalized spacial score (nSPS) is 15.0. The van der Waals surface area contributed by atoms with Crippen molar-refractivity contribution in [2.75, 3.05) is 0 Å². The summed E-state index contributed by atoms with van der Waals surface area (Å²) in [5.41, 5.74) is 13.7. The average Bonchev–Trinajstić information content (AvgIpc) is 3.87. The van der Waals surface area contributed by atoms with Gasteiger partial charge >= 0.3 is 0 Å². The lowest BCUT2D eigenvalue weighted by Crippen LogP contribution is -2.07. The topological polar surface area (TPSA) is 57.6 Å². The summed E-state index contributed by atoms with van der Waals surface area (Å²) >= 11 is 0. The van der Waals surface area contributed by atoms with E-state index in [-0.39, 0.29) is 0 Å². The van der Waals surface area contributed by atoms with Gasteiger partial charge in [-0.2, -0.15) is 0 Å². The Labute approximate surface area is 256 Å². The van der Waals surface area contributed by atoms with Crippen LogP contribution in [0.15, 0.2) is 108 Å².